The second-order valence-corrected chi connectivity index (χ2v) is 6.55. The molecule has 0 aliphatic rings. The Morgan fingerprint density at radius 1 is 0.871 bits per heavy atom. The molecule has 0 aliphatic heterocycles. The van der Waals surface area contributed by atoms with Crippen molar-refractivity contribution in [1.82, 2.24) is 10.2 Å². The number of hydrogen-bond donors (Lipinski definition) is 1. The van der Waals surface area contributed by atoms with E-state index in [9.17, 15) is 9.18 Å². The Hall–Kier alpha value is -4.26. The summed E-state index contributed by atoms with van der Waals surface area (Å²) in [6.45, 7) is 0. The van der Waals surface area contributed by atoms with Gasteiger partial charge in [-0.1, -0.05) is 24.3 Å². The number of methoxy groups -OCH3 is 1. The zero-order valence-electron chi connectivity index (χ0n) is 16.6. The van der Waals surface area contributed by atoms with Gasteiger partial charge in [0.25, 0.3) is 5.91 Å². The van der Waals surface area contributed by atoms with Gasteiger partial charge in [0, 0.05) is 22.9 Å². The van der Waals surface area contributed by atoms with Gasteiger partial charge in [0.05, 0.1) is 12.8 Å². The fraction of sp³-hybridized carbons (Fsp3) is 0.0417. The third kappa shape index (κ3) is 4.84. The maximum absolute atomic E-state index is 13.0. The van der Waals surface area contributed by atoms with Crippen LogP contribution in [-0.2, 0) is 0 Å². The molecule has 3 aromatic carbocycles. The molecule has 1 heterocycles. The summed E-state index contributed by atoms with van der Waals surface area (Å²) in [7, 11) is 1.57. The molecule has 1 amide bonds. The van der Waals surface area contributed by atoms with Crippen LogP contribution in [0.4, 0.5) is 10.1 Å². The lowest BCUT2D eigenvalue weighted by Crippen LogP contribution is -2.11. The molecule has 154 valence electrons. The van der Waals surface area contributed by atoms with E-state index in [1.807, 2.05) is 18.2 Å². The van der Waals surface area contributed by atoms with Crippen LogP contribution in [0.5, 0.6) is 17.4 Å². The number of ether oxygens (including phenoxy) is 2. The minimum atomic E-state index is -0.364. The highest BCUT2D eigenvalue weighted by atomic mass is 19.1. The molecule has 0 unspecified atom stereocenters. The van der Waals surface area contributed by atoms with Crippen LogP contribution in [0.25, 0.3) is 11.3 Å². The van der Waals surface area contributed by atoms with Crippen LogP contribution in [0.3, 0.4) is 0 Å². The molecule has 0 bridgehead atoms. The minimum Gasteiger partial charge on any atom is -0.493 e. The molecule has 0 radical (unpaired) electrons. The van der Waals surface area contributed by atoms with Gasteiger partial charge in [-0.05, 0) is 54.6 Å². The van der Waals surface area contributed by atoms with Crippen molar-refractivity contribution < 1.29 is 18.7 Å². The highest BCUT2D eigenvalue weighted by Crippen LogP contribution is 2.30. The van der Waals surface area contributed by atoms with E-state index >= 15 is 0 Å². The van der Waals surface area contributed by atoms with Crippen molar-refractivity contribution in [2.24, 2.45) is 0 Å². The zero-order valence-corrected chi connectivity index (χ0v) is 16.6. The molecule has 0 saturated heterocycles. The molecule has 1 aromatic heterocycles. The Labute approximate surface area is 178 Å². The van der Waals surface area contributed by atoms with Crippen molar-refractivity contribution >= 4 is 11.6 Å². The third-order valence-electron chi connectivity index (χ3n) is 4.45. The summed E-state index contributed by atoms with van der Waals surface area (Å²) < 4.78 is 24.0. The number of hydrogen-bond acceptors (Lipinski definition) is 5. The quantitative estimate of drug-likeness (QED) is 0.460. The highest BCUT2D eigenvalue weighted by Gasteiger charge is 2.10. The smallest absolute Gasteiger partial charge is 0.255 e. The van der Waals surface area contributed by atoms with Gasteiger partial charge in [0.2, 0.25) is 5.88 Å². The molecule has 0 aliphatic carbocycles. The number of carbonyl (C=O) groups is 1. The lowest BCUT2D eigenvalue weighted by Gasteiger charge is -2.09. The first-order chi connectivity index (χ1) is 15.1. The molecular weight excluding hydrogens is 397 g/mol. The van der Waals surface area contributed by atoms with Crippen LogP contribution in [0.2, 0.25) is 0 Å². The summed E-state index contributed by atoms with van der Waals surface area (Å²) in [5.74, 6) is 0.771. The Morgan fingerprint density at radius 3 is 2.35 bits per heavy atom. The second kappa shape index (κ2) is 9.04. The van der Waals surface area contributed by atoms with Crippen LogP contribution >= 0.6 is 0 Å². The summed E-state index contributed by atoms with van der Waals surface area (Å²) in [5, 5.41) is 11.1. The first-order valence-electron chi connectivity index (χ1n) is 9.44. The van der Waals surface area contributed by atoms with Crippen molar-refractivity contribution in [2.75, 3.05) is 12.4 Å². The molecule has 6 nitrogen and oxygen atoms in total. The van der Waals surface area contributed by atoms with Crippen molar-refractivity contribution in [2.45, 2.75) is 0 Å². The monoisotopic (exact) mass is 415 g/mol. The largest absolute Gasteiger partial charge is 0.493 e. The number of carbonyl (C=O) groups excluding carboxylic acids is 1. The maximum atomic E-state index is 13.0. The Bertz CT molecular complexity index is 1200. The summed E-state index contributed by atoms with van der Waals surface area (Å²) in [6.07, 6.45) is 0. The van der Waals surface area contributed by atoms with Crippen molar-refractivity contribution in [1.29, 1.82) is 0 Å². The van der Waals surface area contributed by atoms with Crippen LogP contribution < -0.4 is 14.8 Å². The van der Waals surface area contributed by atoms with Crippen LogP contribution in [0, 0.1) is 5.82 Å². The highest BCUT2D eigenvalue weighted by molar-refractivity contribution is 6.04. The molecule has 1 N–H and O–H groups in total. The summed E-state index contributed by atoms with van der Waals surface area (Å²) >= 11 is 0. The van der Waals surface area contributed by atoms with E-state index in [2.05, 4.69) is 15.5 Å². The Kier molecular flexibility index (Phi) is 5.84. The van der Waals surface area contributed by atoms with Gasteiger partial charge in [-0.25, -0.2) is 4.39 Å². The average Bonchev–Trinajstić information content (AvgIpc) is 2.81. The fourth-order valence-electron chi connectivity index (χ4n) is 2.90. The van der Waals surface area contributed by atoms with Crippen molar-refractivity contribution in [3.63, 3.8) is 0 Å². The van der Waals surface area contributed by atoms with Gasteiger partial charge >= 0.3 is 0 Å². The molecular formula is C24H18FN3O3. The minimum absolute atomic E-state index is 0.308. The topological polar surface area (TPSA) is 73.3 Å². The number of nitrogens with zero attached hydrogens (tertiary/aromatic N) is 2. The van der Waals surface area contributed by atoms with E-state index in [0.717, 1.165) is 5.56 Å². The van der Waals surface area contributed by atoms with E-state index in [1.54, 1.807) is 49.6 Å². The van der Waals surface area contributed by atoms with Gasteiger partial charge < -0.3 is 14.8 Å². The molecule has 31 heavy (non-hydrogen) atoms. The van der Waals surface area contributed by atoms with E-state index in [-0.39, 0.29) is 11.7 Å². The van der Waals surface area contributed by atoms with Crippen LogP contribution in [0.1, 0.15) is 10.4 Å². The first kappa shape index (κ1) is 20.0. The number of benzene rings is 3. The van der Waals surface area contributed by atoms with Gasteiger partial charge in [-0.3, -0.25) is 4.79 Å². The van der Waals surface area contributed by atoms with Gasteiger partial charge in [-0.2, -0.15) is 0 Å². The summed E-state index contributed by atoms with van der Waals surface area (Å²) in [5.41, 5.74) is 2.26. The summed E-state index contributed by atoms with van der Waals surface area (Å²) in [4.78, 5) is 12.5. The van der Waals surface area contributed by atoms with Crippen molar-refractivity contribution in [3.05, 3.63) is 96.3 Å². The molecule has 0 atom stereocenters. The normalized spacial score (nSPS) is 10.4. The van der Waals surface area contributed by atoms with Gasteiger partial charge in [-0.15, -0.1) is 10.2 Å². The van der Waals surface area contributed by atoms with Crippen molar-refractivity contribution in [3.8, 4) is 28.6 Å². The number of rotatable bonds is 6. The molecule has 0 spiro atoms. The second-order valence-electron chi connectivity index (χ2n) is 6.55. The Balaban J connectivity index is 1.49. The van der Waals surface area contributed by atoms with E-state index < -0.39 is 0 Å². The molecule has 7 heteroatoms. The number of amides is 1. The van der Waals surface area contributed by atoms with Crippen LogP contribution in [-0.4, -0.2) is 23.2 Å². The third-order valence-corrected chi connectivity index (χ3v) is 4.45. The van der Waals surface area contributed by atoms with E-state index in [0.29, 0.717) is 34.3 Å². The fourth-order valence-corrected chi connectivity index (χ4v) is 2.90. The van der Waals surface area contributed by atoms with Crippen LogP contribution in [0.15, 0.2) is 84.9 Å². The van der Waals surface area contributed by atoms with Gasteiger partial charge in [0.15, 0.2) is 11.5 Å². The number of halogens is 1. The lowest BCUT2D eigenvalue weighted by molar-refractivity contribution is 0.102. The number of nitrogens with one attached hydrogen (secondary N) is 1. The number of anilines is 1. The maximum Gasteiger partial charge on any atom is 0.255 e. The molecule has 0 saturated carbocycles. The summed E-state index contributed by atoms with van der Waals surface area (Å²) in [6, 6.07) is 23.3. The van der Waals surface area contributed by atoms with E-state index in [4.69, 9.17) is 9.47 Å². The Morgan fingerprint density at radius 2 is 1.65 bits per heavy atom. The zero-order chi connectivity index (χ0) is 21.6. The standard InChI is InChI=1S/C24H18FN3O3/c1-30-21-7-2-3-8-22(21)31-23-14-13-20(27-28-23)16-5-4-6-17(15-16)24(29)26-19-11-9-18(25)10-12-19/h2-15H,1H3,(H,26,29). The molecule has 4 rings (SSSR count). The SMILES string of the molecule is COc1ccccc1Oc1ccc(-c2cccc(C(=O)Nc3ccc(F)cc3)c2)nn1. The molecule has 4 aromatic rings. The number of para-hydroxylation sites is 2. The van der Waals surface area contributed by atoms with Gasteiger partial charge in [0.1, 0.15) is 5.82 Å². The van der Waals surface area contributed by atoms with E-state index in [1.165, 1.54) is 24.3 Å². The first-order valence-corrected chi connectivity index (χ1v) is 9.44. The predicted molar refractivity (Wildman–Crippen MR) is 115 cm³/mol. The average molecular weight is 415 g/mol. The number of aromatic nitrogens is 2. The molecule has 0 fully saturated rings. The predicted octanol–water partition coefficient (Wildman–Crippen LogP) is 5.34. The lowest BCUT2D eigenvalue weighted by atomic mass is 10.1.